The van der Waals surface area contributed by atoms with Gasteiger partial charge in [-0.2, -0.15) is 0 Å². The molecule has 3 rings (SSSR count). The molecule has 1 heterocycles. The van der Waals surface area contributed by atoms with Crippen molar-refractivity contribution in [2.75, 3.05) is 18.5 Å². The second-order valence-corrected chi connectivity index (χ2v) is 10.9. The maximum Gasteiger partial charge on any atom is 0.341 e. The van der Waals surface area contributed by atoms with Crippen LogP contribution in [-0.4, -0.2) is 25.1 Å². The third-order valence-electron chi connectivity index (χ3n) is 5.45. The van der Waals surface area contributed by atoms with Gasteiger partial charge in [-0.3, -0.25) is 4.79 Å². The molecule has 0 aliphatic carbocycles. The van der Waals surface area contributed by atoms with E-state index in [9.17, 15) is 9.59 Å². The number of amides is 1. The lowest BCUT2D eigenvalue weighted by molar-refractivity contribution is -0.118. The van der Waals surface area contributed by atoms with Crippen molar-refractivity contribution in [3.05, 3.63) is 68.5 Å². The third kappa shape index (κ3) is 6.07. The van der Waals surface area contributed by atoms with Crippen molar-refractivity contribution in [2.24, 2.45) is 0 Å². The predicted molar refractivity (Wildman–Crippen MR) is 142 cm³/mol. The standard InChI is InChI=1S/C27H30BrNO4S/c1-7-32-26(31)24-20(18-9-8-16(2)17(3)12-18)15-34-25(24)29-23(30)14-33-22-11-10-19(28)13-21(22)27(4,5)6/h8-13,15H,7,14H2,1-6H3,(H,29,30). The zero-order chi connectivity index (χ0) is 25.0. The molecule has 0 saturated carbocycles. The number of nitrogens with one attached hydrogen (secondary N) is 1. The number of hydrogen-bond acceptors (Lipinski definition) is 5. The highest BCUT2D eigenvalue weighted by atomic mass is 79.9. The maximum absolute atomic E-state index is 12.8. The molecule has 34 heavy (non-hydrogen) atoms. The highest BCUT2D eigenvalue weighted by Gasteiger charge is 2.24. The van der Waals surface area contributed by atoms with Crippen LogP contribution < -0.4 is 10.1 Å². The average molecular weight is 545 g/mol. The molecule has 5 nitrogen and oxygen atoms in total. The van der Waals surface area contributed by atoms with Crippen molar-refractivity contribution in [3.8, 4) is 16.9 Å². The van der Waals surface area contributed by atoms with Crippen LogP contribution in [0.1, 0.15) is 54.7 Å². The number of benzene rings is 2. The highest BCUT2D eigenvalue weighted by molar-refractivity contribution is 9.10. The van der Waals surface area contributed by atoms with E-state index in [2.05, 4.69) is 42.0 Å². The Morgan fingerprint density at radius 2 is 1.79 bits per heavy atom. The van der Waals surface area contributed by atoms with Crippen LogP contribution in [0.3, 0.4) is 0 Å². The molecule has 0 saturated heterocycles. The summed E-state index contributed by atoms with van der Waals surface area (Å²) in [6, 6.07) is 11.8. The Balaban J connectivity index is 1.84. The zero-order valence-corrected chi connectivity index (χ0v) is 22.8. The molecule has 0 bridgehead atoms. The van der Waals surface area contributed by atoms with Crippen molar-refractivity contribution in [2.45, 2.75) is 47.0 Å². The van der Waals surface area contributed by atoms with Gasteiger partial charge in [-0.15, -0.1) is 11.3 Å². The van der Waals surface area contributed by atoms with Crippen LogP contribution in [0.25, 0.3) is 11.1 Å². The molecule has 0 aliphatic heterocycles. The van der Waals surface area contributed by atoms with Gasteiger partial charge < -0.3 is 14.8 Å². The molecule has 0 unspecified atom stereocenters. The summed E-state index contributed by atoms with van der Waals surface area (Å²) in [4.78, 5) is 25.6. The number of aryl methyl sites for hydroxylation is 2. The fraction of sp³-hybridized carbons (Fsp3) is 0.333. The molecule has 2 aromatic carbocycles. The fourth-order valence-corrected chi connectivity index (χ4v) is 4.83. The molecule has 1 amide bonds. The molecule has 0 atom stereocenters. The van der Waals surface area contributed by atoms with Crippen molar-refractivity contribution >= 4 is 44.1 Å². The second kappa shape index (κ2) is 10.7. The molecule has 0 radical (unpaired) electrons. The molecular weight excluding hydrogens is 514 g/mol. The van der Waals surface area contributed by atoms with E-state index in [1.807, 2.05) is 55.6 Å². The van der Waals surface area contributed by atoms with E-state index in [1.54, 1.807) is 6.92 Å². The van der Waals surface area contributed by atoms with Crippen LogP contribution in [-0.2, 0) is 14.9 Å². The van der Waals surface area contributed by atoms with Crippen LogP contribution in [0.2, 0.25) is 0 Å². The van der Waals surface area contributed by atoms with Crippen molar-refractivity contribution in [1.82, 2.24) is 0 Å². The lowest BCUT2D eigenvalue weighted by atomic mass is 9.86. The zero-order valence-electron chi connectivity index (χ0n) is 20.4. The molecule has 0 fully saturated rings. The molecule has 180 valence electrons. The van der Waals surface area contributed by atoms with Gasteiger partial charge in [0.05, 0.1) is 6.61 Å². The number of rotatable bonds is 7. The predicted octanol–water partition coefficient (Wildman–Crippen LogP) is 7.29. The summed E-state index contributed by atoms with van der Waals surface area (Å²) < 4.78 is 12.1. The average Bonchev–Trinajstić information content (AvgIpc) is 3.17. The summed E-state index contributed by atoms with van der Waals surface area (Å²) in [5.74, 6) is -0.156. The number of thiophene rings is 1. The first kappa shape index (κ1) is 26.0. The number of carbonyl (C=O) groups excluding carboxylic acids is 2. The summed E-state index contributed by atoms with van der Waals surface area (Å²) in [6.45, 7) is 12.2. The Hall–Kier alpha value is -2.64. The normalized spacial score (nSPS) is 11.3. The largest absolute Gasteiger partial charge is 0.483 e. The molecule has 1 aromatic heterocycles. The lowest BCUT2D eigenvalue weighted by Gasteiger charge is -2.23. The number of halogens is 1. The Kier molecular flexibility index (Phi) is 8.21. The van der Waals surface area contributed by atoms with Gasteiger partial charge in [0.15, 0.2) is 6.61 Å². The first-order valence-corrected chi connectivity index (χ1v) is 12.8. The number of esters is 1. The Morgan fingerprint density at radius 3 is 2.44 bits per heavy atom. The molecular formula is C27H30BrNO4S. The molecule has 7 heteroatoms. The van der Waals surface area contributed by atoms with Crippen LogP contribution in [0.4, 0.5) is 5.00 Å². The van der Waals surface area contributed by atoms with Crippen molar-refractivity contribution in [1.29, 1.82) is 0 Å². The van der Waals surface area contributed by atoms with Crippen molar-refractivity contribution < 1.29 is 19.1 Å². The Labute approximate surface area is 213 Å². The first-order chi connectivity index (χ1) is 16.0. The monoisotopic (exact) mass is 543 g/mol. The first-order valence-electron chi connectivity index (χ1n) is 11.1. The Bertz CT molecular complexity index is 1210. The third-order valence-corrected chi connectivity index (χ3v) is 6.84. The van der Waals surface area contributed by atoms with Crippen LogP contribution in [0, 0.1) is 13.8 Å². The van der Waals surface area contributed by atoms with E-state index in [0.717, 1.165) is 26.7 Å². The maximum atomic E-state index is 12.8. The number of ether oxygens (including phenoxy) is 2. The topological polar surface area (TPSA) is 64.6 Å². The van der Waals surface area contributed by atoms with Gasteiger partial charge in [-0.1, -0.05) is 54.9 Å². The highest BCUT2D eigenvalue weighted by Crippen LogP contribution is 2.37. The van der Waals surface area contributed by atoms with E-state index in [0.29, 0.717) is 16.3 Å². The number of anilines is 1. The molecule has 0 aliphatic rings. The summed E-state index contributed by atoms with van der Waals surface area (Å²) >= 11 is 4.80. The molecule has 3 aromatic rings. The number of carbonyl (C=O) groups is 2. The van der Waals surface area contributed by atoms with Crippen LogP contribution in [0.15, 0.2) is 46.3 Å². The minimum atomic E-state index is -0.462. The van der Waals surface area contributed by atoms with E-state index in [1.165, 1.54) is 16.9 Å². The van der Waals surface area contributed by atoms with Crippen molar-refractivity contribution in [3.63, 3.8) is 0 Å². The van der Waals surface area contributed by atoms with Gasteiger partial charge in [0.2, 0.25) is 0 Å². The van der Waals surface area contributed by atoms with E-state index in [4.69, 9.17) is 9.47 Å². The molecule has 0 spiro atoms. The summed E-state index contributed by atoms with van der Waals surface area (Å²) in [7, 11) is 0. The van der Waals surface area contributed by atoms with Gasteiger partial charge in [-0.25, -0.2) is 4.79 Å². The van der Waals surface area contributed by atoms with Gasteiger partial charge >= 0.3 is 5.97 Å². The Morgan fingerprint density at radius 1 is 1.06 bits per heavy atom. The summed E-state index contributed by atoms with van der Waals surface area (Å²) in [6.07, 6.45) is 0. The van der Waals surface area contributed by atoms with E-state index in [-0.39, 0.29) is 24.5 Å². The fourth-order valence-electron chi connectivity index (χ4n) is 3.50. The smallest absolute Gasteiger partial charge is 0.341 e. The minimum absolute atomic E-state index is 0.151. The van der Waals surface area contributed by atoms with Crippen LogP contribution in [0.5, 0.6) is 5.75 Å². The minimum Gasteiger partial charge on any atom is -0.483 e. The second-order valence-electron chi connectivity index (χ2n) is 9.10. The lowest BCUT2D eigenvalue weighted by Crippen LogP contribution is -2.22. The SMILES string of the molecule is CCOC(=O)c1c(-c2ccc(C)c(C)c2)csc1NC(=O)COc1ccc(Br)cc1C(C)(C)C. The number of hydrogen-bond donors (Lipinski definition) is 1. The van der Waals surface area contributed by atoms with Gasteiger partial charge in [-0.05, 0) is 61.1 Å². The van der Waals surface area contributed by atoms with Crippen LogP contribution >= 0.6 is 27.3 Å². The summed E-state index contributed by atoms with van der Waals surface area (Å²) in [5.41, 5.74) is 5.15. The van der Waals surface area contributed by atoms with E-state index < -0.39 is 5.97 Å². The van der Waals surface area contributed by atoms with Gasteiger partial charge in [0.1, 0.15) is 16.3 Å². The van der Waals surface area contributed by atoms with E-state index >= 15 is 0 Å². The molecule has 1 N–H and O–H groups in total. The van der Waals surface area contributed by atoms with Gasteiger partial charge in [0.25, 0.3) is 5.91 Å². The van der Waals surface area contributed by atoms with Gasteiger partial charge in [0, 0.05) is 21.0 Å². The quantitative estimate of drug-likeness (QED) is 0.318. The summed E-state index contributed by atoms with van der Waals surface area (Å²) in [5, 5.41) is 5.18.